The predicted molar refractivity (Wildman–Crippen MR) is 72.3 cm³/mol. The molecular formula is C12H16INO2. The van der Waals surface area contributed by atoms with Crippen LogP contribution in [0.1, 0.15) is 16.7 Å². The van der Waals surface area contributed by atoms with Gasteiger partial charge in [0.15, 0.2) is 0 Å². The van der Waals surface area contributed by atoms with Gasteiger partial charge in [-0.3, -0.25) is 4.79 Å². The molecule has 88 valence electrons. The van der Waals surface area contributed by atoms with Gasteiger partial charge in [0.1, 0.15) is 6.04 Å². The first-order valence-electron chi connectivity index (χ1n) is 5.04. The van der Waals surface area contributed by atoms with E-state index in [4.69, 9.17) is 5.73 Å². The topological polar surface area (TPSA) is 52.3 Å². The van der Waals surface area contributed by atoms with Crippen LogP contribution < -0.4 is 5.73 Å². The minimum Gasteiger partial charge on any atom is -0.468 e. The van der Waals surface area contributed by atoms with Crippen molar-refractivity contribution in [3.63, 3.8) is 0 Å². The summed E-state index contributed by atoms with van der Waals surface area (Å²) in [6.45, 7) is 4.11. The van der Waals surface area contributed by atoms with Crippen molar-refractivity contribution in [3.05, 3.63) is 32.4 Å². The maximum absolute atomic E-state index is 11.2. The van der Waals surface area contributed by atoms with E-state index in [1.54, 1.807) is 0 Å². The summed E-state index contributed by atoms with van der Waals surface area (Å²) >= 11 is 2.32. The molecule has 0 aliphatic heterocycles. The number of hydrogen-bond donors (Lipinski definition) is 1. The van der Waals surface area contributed by atoms with E-state index in [0.29, 0.717) is 6.42 Å². The Bertz CT molecular complexity index is 381. The molecule has 16 heavy (non-hydrogen) atoms. The van der Waals surface area contributed by atoms with Crippen molar-refractivity contribution in [2.75, 3.05) is 7.11 Å². The van der Waals surface area contributed by atoms with E-state index in [-0.39, 0.29) is 5.97 Å². The molecule has 0 fully saturated rings. The first kappa shape index (κ1) is 13.4. The van der Waals surface area contributed by atoms with Crippen LogP contribution in [0.5, 0.6) is 0 Å². The van der Waals surface area contributed by atoms with Crippen LogP contribution in [0.15, 0.2) is 12.1 Å². The fourth-order valence-corrected chi connectivity index (χ4v) is 1.95. The molecule has 0 spiro atoms. The quantitative estimate of drug-likeness (QED) is 0.680. The molecule has 1 atom stereocenters. The van der Waals surface area contributed by atoms with Crippen LogP contribution in [0, 0.1) is 17.4 Å². The van der Waals surface area contributed by atoms with Gasteiger partial charge >= 0.3 is 5.97 Å². The number of nitrogens with two attached hydrogens (primary N) is 1. The monoisotopic (exact) mass is 333 g/mol. The summed E-state index contributed by atoms with van der Waals surface area (Å²) in [4.78, 5) is 11.2. The number of hydrogen-bond acceptors (Lipinski definition) is 3. The number of benzene rings is 1. The number of aryl methyl sites for hydroxylation is 2. The summed E-state index contributed by atoms with van der Waals surface area (Å²) < 4.78 is 5.86. The fraction of sp³-hybridized carbons (Fsp3) is 0.417. The van der Waals surface area contributed by atoms with E-state index in [1.165, 1.54) is 21.8 Å². The van der Waals surface area contributed by atoms with Gasteiger partial charge in [-0.1, -0.05) is 12.1 Å². The SMILES string of the molecule is COC(=O)[C@@H](N)Cc1cc(C)c(I)c(C)c1. The highest BCUT2D eigenvalue weighted by Crippen LogP contribution is 2.19. The highest BCUT2D eigenvalue weighted by molar-refractivity contribution is 14.1. The molecule has 0 aliphatic rings. The maximum Gasteiger partial charge on any atom is 0.322 e. The number of methoxy groups -OCH3 is 1. The molecule has 1 aromatic rings. The van der Waals surface area contributed by atoms with E-state index in [2.05, 4.69) is 53.3 Å². The lowest BCUT2D eigenvalue weighted by Gasteiger charge is -2.11. The molecule has 0 saturated carbocycles. The molecule has 0 saturated heterocycles. The molecule has 4 heteroatoms. The van der Waals surface area contributed by atoms with Crippen molar-refractivity contribution in [2.24, 2.45) is 5.73 Å². The molecule has 0 heterocycles. The third kappa shape index (κ3) is 3.18. The predicted octanol–water partition coefficient (Wildman–Crippen LogP) is 1.95. The molecule has 0 amide bonds. The van der Waals surface area contributed by atoms with Crippen LogP contribution in [0.4, 0.5) is 0 Å². The second-order valence-corrected chi connectivity index (χ2v) is 4.96. The summed E-state index contributed by atoms with van der Waals surface area (Å²) in [7, 11) is 1.35. The van der Waals surface area contributed by atoms with E-state index in [0.717, 1.165) is 5.56 Å². The van der Waals surface area contributed by atoms with Crippen molar-refractivity contribution in [2.45, 2.75) is 26.3 Å². The van der Waals surface area contributed by atoms with Gasteiger partial charge in [-0.05, 0) is 59.5 Å². The fourth-order valence-electron chi connectivity index (χ4n) is 1.64. The van der Waals surface area contributed by atoms with Crippen LogP contribution in [-0.4, -0.2) is 19.1 Å². The molecule has 2 N–H and O–H groups in total. The van der Waals surface area contributed by atoms with Gasteiger partial charge in [-0.2, -0.15) is 0 Å². The summed E-state index contributed by atoms with van der Waals surface area (Å²) in [6, 6.07) is 3.55. The Morgan fingerprint density at radius 3 is 2.38 bits per heavy atom. The number of ether oxygens (including phenoxy) is 1. The van der Waals surface area contributed by atoms with Gasteiger partial charge in [-0.15, -0.1) is 0 Å². The molecule has 0 bridgehead atoms. The lowest BCUT2D eigenvalue weighted by atomic mass is 10.0. The Balaban J connectivity index is 2.86. The lowest BCUT2D eigenvalue weighted by molar-refractivity contribution is -0.142. The van der Waals surface area contributed by atoms with Crippen LogP contribution >= 0.6 is 22.6 Å². The van der Waals surface area contributed by atoms with Gasteiger partial charge in [0.25, 0.3) is 0 Å². The first-order chi connectivity index (χ1) is 7.45. The Labute approximate surface area is 109 Å². The summed E-state index contributed by atoms with van der Waals surface area (Å²) in [5.41, 5.74) is 9.23. The Morgan fingerprint density at radius 1 is 1.44 bits per heavy atom. The van der Waals surface area contributed by atoms with E-state index in [9.17, 15) is 4.79 Å². The van der Waals surface area contributed by atoms with Gasteiger partial charge in [0.2, 0.25) is 0 Å². The van der Waals surface area contributed by atoms with Crippen LogP contribution in [0.3, 0.4) is 0 Å². The smallest absolute Gasteiger partial charge is 0.322 e. The van der Waals surface area contributed by atoms with Crippen molar-refractivity contribution in [1.82, 2.24) is 0 Å². The van der Waals surface area contributed by atoms with Gasteiger partial charge in [-0.25, -0.2) is 0 Å². The van der Waals surface area contributed by atoms with Crippen LogP contribution in [0.2, 0.25) is 0 Å². The number of halogens is 1. The number of carbonyl (C=O) groups excluding carboxylic acids is 1. The normalized spacial score (nSPS) is 12.3. The largest absolute Gasteiger partial charge is 0.468 e. The zero-order chi connectivity index (χ0) is 12.3. The van der Waals surface area contributed by atoms with Crippen LogP contribution in [-0.2, 0) is 16.0 Å². The minimum atomic E-state index is -0.580. The van der Waals surface area contributed by atoms with E-state index in [1.807, 2.05) is 0 Å². The van der Waals surface area contributed by atoms with Gasteiger partial charge in [0.05, 0.1) is 7.11 Å². The van der Waals surface area contributed by atoms with E-state index < -0.39 is 6.04 Å². The average Bonchev–Trinajstić information content (AvgIpc) is 2.24. The highest BCUT2D eigenvalue weighted by atomic mass is 127. The first-order valence-corrected chi connectivity index (χ1v) is 6.12. The van der Waals surface area contributed by atoms with Crippen molar-refractivity contribution in [3.8, 4) is 0 Å². The molecule has 0 unspecified atom stereocenters. The van der Waals surface area contributed by atoms with Gasteiger partial charge in [0, 0.05) is 3.57 Å². The summed E-state index contributed by atoms with van der Waals surface area (Å²) in [5.74, 6) is -0.367. The van der Waals surface area contributed by atoms with E-state index >= 15 is 0 Å². The standard InChI is InChI=1S/C12H16INO2/c1-7-4-9(5-8(2)11(7)13)6-10(14)12(15)16-3/h4-5,10H,6,14H2,1-3H3/t10-/m0/s1. The number of carbonyl (C=O) groups is 1. The average molecular weight is 333 g/mol. The molecular weight excluding hydrogens is 317 g/mol. The second-order valence-electron chi connectivity index (χ2n) is 3.88. The molecule has 3 nitrogen and oxygen atoms in total. The van der Waals surface area contributed by atoms with Crippen molar-refractivity contribution in [1.29, 1.82) is 0 Å². The van der Waals surface area contributed by atoms with Crippen molar-refractivity contribution >= 4 is 28.6 Å². The number of esters is 1. The summed E-state index contributed by atoms with van der Waals surface area (Å²) in [6.07, 6.45) is 0.519. The number of rotatable bonds is 3. The zero-order valence-corrected chi connectivity index (χ0v) is 11.9. The molecule has 1 rings (SSSR count). The lowest BCUT2D eigenvalue weighted by Crippen LogP contribution is -2.33. The Hall–Kier alpha value is -0.620. The Morgan fingerprint density at radius 2 is 1.94 bits per heavy atom. The third-order valence-corrected chi connectivity index (χ3v) is 4.16. The molecule has 1 aromatic carbocycles. The second kappa shape index (κ2) is 5.63. The summed E-state index contributed by atoms with van der Waals surface area (Å²) in [5, 5.41) is 0. The minimum absolute atomic E-state index is 0.367. The highest BCUT2D eigenvalue weighted by Gasteiger charge is 2.15. The van der Waals surface area contributed by atoms with Crippen molar-refractivity contribution < 1.29 is 9.53 Å². The molecule has 0 radical (unpaired) electrons. The Kier molecular flexibility index (Phi) is 4.73. The molecule has 0 aromatic heterocycles. The van der Waals surface area contributed by atoms with Gasteiger partial charge < -0.3 is 10.5 Å². The third-order valence-electron chi connectivity index (χ3n) is 2.46. The van der Waals surface area contributed by atoms with Crippen LogP contribution in [0.25, 0.3) is 0 Å². The zero-order valence-electron chi connectivity index (χ0n) is 9.71. The maximum atomic E-state index is 11.2. The molecule has 0 aliphatic carbocycles.